The van der Waals surface area contributed by atoms with Gasteiger partial charge in [-0.15, -0.1) is 0 Å². The van der Waals surface area contributed by atoms with Gasteiger partial charge in [-0.05, 0) is 23.8 Å². The molecule has 0 unspecified atom stereocenters. The predicted octanol–water partition coefficient (Wildman–Crippen LogP) is 2.22. The van der Waals surface area contributed by atoms with Gasteiger partial charge in [0.2, 0.25) is 5.91 Å². The molecule has 0 saturated carbocycles. The molecule has 0 radical (unpaired) electrons. The minimum atomic E-state index is -0.467. The van der Waals surface area contributed by atoms with Crippen molar-refractivity contribution < 1.29 is 9.72 Å². The molecule has 1 saturated heterocycles. The standard InChI is InChI=1S/C19H17N5O3/c20-14-16-4-2-8-21-19(16)23-11-9-22(10-12-23)18(25)7-6-15-3-1-5-17(13-15)24(26)27/h1-8,13H,9-12H2. The molecule has 1 aliphatic heterocycles. The fourth-order valence-electron chi connectivity index (χ4n) is 2.89. The first-order chi connectivity index (χ1) is 13.1. The maximum Gasteiger partial charge on any atom is 0.270 e. The minimum absolute atomic E-state index is 0.0122. The Morgan fingerprint density at radius 2 is 2.00 bits per heavy atom. The Balaban J connectivity index is 1.61. The highest BCUT2D eigenvalue weighted by molar-refractivity contribution is 5.92. The van der Waals surface area contributed by atoms with E-state index in [1.807, 2.05) is 4.90 Å². The fourth-order valence-corrected chi connectivity index (χ4v) is 2.89. The van der Waals surface area contributed by atoms with Crippen LogP contribution in [0.3, 0.4) is 0 Å². The minimum Gasteiger partial charge on any atom is -0.352 e. The van der Waals surface area contributed by atoms with Gasteiger partial charge in [-0.3, -0.25) is 14.9 Å². The number of nitro groups is 1. The number of piperazine rings is 1. The SMILES string of the molecule is N#Cc1cccnc1N1CCN(C(=O)C=Cc2cccc([N+](=O)[O-])c2)CC1. The summed E-state index contributed by atoms with van der Waals surface area (Å²) in [6, 6.07) is 11.7. The molecule has 1 aliphatic rings. The summed E-state index contributed by atoms with van der Waals surface area (Å²) in [6.07, 6.45) is 4.65. The molecule has 8 nitrogen and oxygen atoms in total. The third kappa shape index (κ3) is 4.27. The van der Waals surface area contributed by atoms with Crippen molar-refractivity contribution in [2.24, 2.45) is 0 Å². The Labute approximate surface area is 156 Å². The van der Waals surface area contributed by atoms with E-state index in [4.69, 9.17) is 0 Å². The van der Waals surface area contributed by atoms with Crippen LogP contribution < -0.4 is 4.90 Å². The summed E-state index contributed by atoms with van der Waals surface area (Å²) in [5.74, 6) is 0.488. The number of benzene rings is 1. The van der Waals surface area contributed by atoms with Gasteiger partial charge in [0.1, 0.15) is 11.9 Å². The van der Waals surface area contributed by atoms with E-state index < -0.39 is 4.92 Å². The molecule has 2 aromatic rings. The zero-order valence-electron chi connectivity index (χ0n) is 14.5. The molecule has 0 spiro atoms. The van der Waals surface area contributed by atoms with Gasteiger partial charge in [0, 0.05) is 50.6 Å². The lowest BCUT2D eigenvalue weighted by molar-refractivity contribution is -0.384. The Bertz CT molecular complexity index is 927. The topological polar surface area (TPSA) is 103 Å². The molecule has 1 amide bonds. The Morgan fingerprint density at radius 1 is 1.22 bits per heavy atom. The summed E-state index contributed by atoms with van der Waals surface area (Å²) < 4.78 is 0. The maximum absolute atomic E-state index is 12.4. The van der Waals surface area contributed by atoms with Gasteiger partial charge in [0.15, 0.2) is 0 Å². The van der Waals surface area contributed by atoms with E-state index in [2.05, 4.69) is 11.1 Å². The number of pyridine rings is 1. The van der Waals surface area contributed by atoms with Gasteiger partial charge in [-0.1, -0.05) is 12.1 Å². The lowest BCUT2D eigenvalue weighted by Crippen LogP contribution is -2.48. The van der Waals surface area contributed by atoms with Crippen molar-refractivity contribution >= 4 is 23.5 Å². The largest absolute Gasteiger partial charge is 0.352 e. The van der Waals surface area contributed by atoms with E-state index in [0.717, 1.165) is 0 Å². The third-order valence-electron chi connectivity index (χ3n) is 4.30. The Kier molecular flexibility index (Phi) is 5.42. The second-order valence-electron chi connectivity index (χ2n) is 5.98. The number of aromatic nitrogens is 1. The van der Waals surface area contributed by atoms with Crippen molar-refractivity contribution in [3.63, 3.8) is 0 Å². The lowest BCUT2D eigenvalue weighted by atomic mass is 10.2. The monoisotopic (exact) mass is 363 g/mol. The van der Waals surface area contributed by atoms with Crippen LogP contribution in [0.4, 0.5) is 11.5 Å². The van der Waals surface area contributed by atoms with E-state index in [-0.39, 0.29) is 11.6 Å². The average molecular weight is 363 g/mol. The number of carbonyl (C=O) groups is 1. The molecule has 0 bridgehead atoms. The molecule has 2 heterocycles. The van der Waals surface area contributed by atoms with E-state index in [1.165, 1.54) is 18.2 Å². The van der Waals surface area contributed by atoms with E-state index in [1.54, 1.807) is 41.4 Å². The number of rotatable bonds is 4. The zero-order valence-corrected chi connectivity index (χ0v) is 14.5. The second kappa shape index (κ2) is 8.10. The molecule has 27 heavy (non-hydrogen) atoms. The van der Waals surface area contributed by atoms with Crippen LogP contribution in [-0.2, 0) is 4.79 Å². The third-order valence-corrected chi connectivity index (χ3v) is 4.30. The molecule has 0 atom stereocenters. The zero-order chi connectivity index (χ0) is 19.2. The molecule has 1 fully saturated rings. The number of nitro benzene ring substituents is 1. The van der Waals surface area contributed by atoms with Crippen molar-refractivity contribution in [1.82, 2.24) is 9.88 Å². The van der Waals surface area contributed by atoms with Crippen LogP contribution in [0.1, 0.15) is 11.1 Å². The highest BCUT2D eigenvalue weighted by Gasteiger charge is 2.22. The van der Waals surface area contributed by atoms with Crippen molar-refractivity contribution in [3.05, 3.63) is 69.9 Å². The van der Waals surface area contributed by atoms with Crippen molar-refractivity contribution in [1.29, 1.82) is 5.26 Å². The highest BCUT2D eigenvalue weighted by Crippen LogP contribution is 2.18. The first-order valence-electron chi connectivity index (χ1n) is 8.40. The molecular formula is C19H17N5O3. The van der Waals surface area contributed by atoms with E-state index >= 15 is 0 Å². The van der Waals surface area contributed by atoms with Crippen molar-refractivity contribution in [2.45, 2.75) is 0 Å². The van der Waals surface area contributed by atoms with Gasteiger partial charge in [-0.2, -0.15) is 5.26 Å². The van der Waals surface area contributed by atoms with Gasteiger partial charge >= 0.3 is 0 Å². The summed E-state index contributed by atoms with van der Waals surface area (Å²) in [5.41, 5.74) is 1.10. The Morgan fingerprint density at radius 3 is 2.70 bits per heavy atom. The first-order valence-corrected chi connectivity index (χ1v) is 8.40. The van der Waals surface area contributed by atoms with Crippen molar-refractivity contribution in [2.75, 3.05) is 31.1 Å². The average Bonchev–Trinajstić information content (AvgIpc) is 2.72. The molecule has 1 aromatic carbocycles. The fraction of sp³-hybridized carbons (Fsp3) is 0.211. The number of anilines is 1. The number of hydrogen-bond donors (Lipinski definition) is 0. The Hall–Kier alpha value is -3.73. The molecule has 0 aliphatic carbocycles. The van der Waals surface area contributed by atoms with Gasteiger partial charge < -0.3 is 9.80 Å². The summed E-state index contributed by atoms with van der Waals surface area (Å²) in [6.45, 7) is 2.20. The number of nitriles is 1. The van der Waals surface area contributed by atoms with E-state index in [9.17, 15) is 20.2 Å². The van der Waals surface area contributed by atoms with Crippen molar-refractivity contribution in [3.8, 4) is 6.07 Å². The quantitative estimate of drug-likeness (QED) is 0.469. The smallest absolute Gasteiger partial charge is 0.270 e. The summed E-state index contributed by atoms with van der Waals surface area (Å²) in [4.78, 5) is 30.7. The van der Waals surface area contributed by atoms with Crippen LogP contribution in [0.2, 0.25) is 0 Å². The van der Waals surface area contributed by atoms with Crippen LogP contribution in [-0.4, -0.2) is 46.9 Å². The van der Waals surface area contributed by atoms with Crippen LogP contribution in [0, 0.1) is 21.4 Å². The van der Waals surface area contributed by atoms with Crippen LogP contribution in [0.5, 0.6) is 0 Å². The van der Waals surface area contributed by atoms with Crippen LogP contribution in [0.15, 0.2) is 48.7 Å². The van der Waals surface area contributed by atoms with Gasteiger partial charge in [-0.25, -0.2) is 4.98 Å². The first kappa shape index (κ1) is 18.1. The van der Waals surface area contributed by atoms with E-state index in [0.29, 0.717) is 43.1 Å². The summed E-state index contributed by atoms with van der Waals surface area (Å²) in [5, 5.41) is 20.0. The summed E-state index contributed by atoms with van der Waals surface area (Å²) >= 11 is 0. The van der Waals surface area contributed by atoms with Crippen LogP contribution in [0.25, 0.3) is 6.08 Å². The highest BCUT2D eigenvalue weighted by atomic mass is 16.6. The maximum atomic E-state index is 12.4. The normalized spacial score (nSPS) is 14.2. The molecule has 0 N–H and O–H groups in total. The van der Waals surface area contributed by atoms with Gasteiger partial charge in [0.05, 0.1) is 10.5 Å². The number of carbonyl (C=O) groups excluding carboxylic acids is 1. The molecular weight excluding hydrogens is 346 g/mol. The molecule has 136 valence electrons. The summed E-state index contributed by atoms with van der Waals surface area (Å²) in [7, 11) is 0. The number of non-ortho nitro benzene ring substituents is 1. The second-order valence-corrected chi connectivity index (χ2v) is 5.98. The van der Waals surface area contributed by atoms with Gasteiger partial charge in [0.25, 0.3) is 5.69 Å². The predicted molar refractivity (Wildman–Crippen MR) is 99.9 cm³/mol. The number of nitrogens with zero attached hydrogens (tertiary/aromatic N) is 5. The number of hydrogen-bond acceptors (Lipinski definition) is 6. The molecule has 8 heteroatoms. The molecule has 1 aromatic heterocycles. The van der Waals surface area contributed by atoms with Crippen LogP contribution >= 0.6 is 0 Å². The molecule has 3 rings (SSSR count). The number of amides is 1. The lowest BCUT2D eigenvalue weighted by Gasteiger charge is -2.35.